The molecule has 0 aliphatic carbocycles. The second-order valence-electron chi connectivity index (χ2n) is 7.99. The van der Waals surface area contributed by atoms with Crippen molar-refractivity contribution < 1.29 is 14.6 Å². The number of carbonyl (C=O) groups excluding carboxylic acids is 1. The highest BCUT2D eigenvalue weighted by Gasteiger charge is 2.33. The van der Waals surface area contributed by atoms with Gasteiger partial charge < -0.3 is 19.7 Å². The molecular weight excluding hydrogens is 368 g/mol. The highest BCUT2D eigenvalue weighted by molar-refractivity contribution is 5.69. The van der Waals surface area contributed by atoms with E-state index in [4.69, 9.17) is 4.74 Å². The van der Waals surface area contributed by atoms with Crippen molar-refractivity contribution in [3.63, 3.8) is 0 Å². The molecule has 1 aromatic carbocycles. The number of pyridine rings is 1. The number of aromatic nitrogens is 1. The topological polar surface area (TPSA) is 82.6 Å². The minimum absolute atomic E-state index is 0.125. The van der Waals surface area contributed by atoms with E-state index >= 15 is 0 Å². The molecular formula is C23H26N2O4. The molecule has 29 heavy (non-hydrogen) atoms. The fraction of sp³-hybridized carbons (Fsp3) is 0.391. The van der Waals surface area contributed by atoms with Gasteiger partial charge in [-0.05, 0) is 44.5 Å². The number of H-pyrrole nitrogens is 1. The predicted octanol–water partition coefficient (Wildman–Crippen LogP) is 3.21. The monoisotopic (exact) mass is 394 g/mol. The highest BCUT2D eigenvalue weighted by atomic mass is 16.6. The number of carbonyl (C=O) groups is 1. The van der Waals surface area contributed by atoms with Gasteiger partial charge >= 0.3 is 6.09 Å². The zero-order valence-corrected chi connectivity index (χ0v) is 16.9. The maximum atomic E-state index is 12.4. The number of nitrogens with one attached hydrogen (secondary N) is 1. The number of benzene rings is 1. The van der Waals surface area contributed by atoms with Crippen LogP contribution in [-0.2, 0) is 4.74 Å². The van der Waals surface area contributed by atoms with E-state index in [2.05, 4.69) is 16.8 Å². The van der Waals surface area contributed by atoms with Gasteiger partial charge in [-0.1, -0.05) is 24.0 Å². The summed E-state index contributed by atoms with van der Waals surface area (Å²) in [5, 5.41) is 9.93. The molecule has 2 N–H and O–H groups in total. The molecule has 6 nitrogen and oxygen atoms in total. The van der Waals surface area contributed by atoms with Crippen LogP contribution in [0.2, 0.25) is 0 Å². The number of amides is 1. The Morgan fingerprint density at radius 1 is 1.21 bits per heavy atom. The first-order valence-corrected chi connectivity index (χ1v) is 9.72. The number of aliphatic hydroxyl groups is 1. The third-order valence-corrected chi connectivity index (χ3v) is 4.91. The zero-order chi connectivity index (χ0) is 21.0. The van der Waals surface area contributed by atoms with Gasteiger partial charge in [-0.15, -0.1) is 0 Å². The van der Waals surface area contributed by atoms with Crippen LogP contribution in [0.15, 0.2) is 47.4 Å². The van der Waals surface area contributed by atoms with Gasteiger partial charge in [0.1, 0.15) is 6.10 Å². The Balaban J connectivity index is 1.64. The van der Waals surface area contributed by atoms with Gasteiger partial charge in [-0.25, -0.2) is 4.79 Å². The molecule has 2 unspecified atom stereocenters. The number of hydrogen-bond acceptors (Lipinski definition) is 4. The zero-order valence-electron chi connectivity index (χ0n) is 16.9. The Hall–Kier alpha value is -3.04. The van der Waals surface area contributed by atoms with Crippen LogP contribution in [0.3, 0.4) is 0 Å². The maximum Gasteiger partial charge on any atom is 0.410 e. The lowest BCUT2D eigenvalue weighted by atomic mass is 9.97. The summed E-state index contributed by atoms with van der Waals surface area (Å²) in [4.78, 5) is 28.0. The van der Waals surface area contributed by atoms with Crippen LogP contribution in [0, 0.1) is 11.8 Å². The Morgan fingerprint density at radius 3 is 2.52 bits per heavy atom. The van der Waals surface area contributed by atoms with Gasteiger partial charge in [0.15, 0.2) is 0 Å². The molecule has 6 heteroatoms. The molecule has 2 atom stereocenters. The summed E-state index contributed by atoms with van der Waals surface area (Å²) < 4.78 is 5.52. The molecule has 0 spiro atoms. The fourth-order valence-corrected chi connectivity index (χ4v) is 3.39. The summed E-state index contributed by atoms with van der Waals surface area (Å²) >= 11 is 0. The molecule has 1 saturated heterocycles. The predicted molar refractivity (Wildman–Crippen MR) is 110 cm³/mol. The summed E-state index contributed by atoms with van der Waals surface area (Å²) in [7, 11) is 0. The molecule has 1 amide bonds. The van der Waals surface area contributed by atoms with Crippen LogP contribution in [0.5, 0.6) is 0 Å². The normalized spacial score (nSPS) is 17.9. The SMILES string of the molecule is CC(c1ccc(C#Cc2cc[nH]c(=O)c2)cc1)N1CCC(CC(C)(C)O)OC1=O. The molecule has 1 aliphatic heterocycles. The Kier molecular flexibility index (Phi) is 6.09. The Bertz CT molecular complexity index is 977. The van der Waals surface area contributed by atoms with Crippen molar-refractivity contribution in [2.45, 2.75) is 51.4 Å². The van der Waals surface area contributed by atoms with Crippen LogP contribution >= 0.6 is 0 Å². The van der Waals surface area contributed by atoms with Crippen molar-refractivity contribution in [1.29, 1.82) is 0 Å². The summed E-state index contributed by atoms with van der Waals surface area (Å²) in [6.07, 6.45) is 2.09. The summed E-state index contributed by atoms with van der Waals surface area (Å²) in [6, 6.07) is 10.8. The fourth-order valence-electron chi connectivity index (χ4n) is 3.39. The Labute approximate surface area is 170 Å². The molecule has 2 heterocycles. The lowest BCUT2D eigenvalue weighted by Gasteiger charge is -2.37. The first-order chi connectivity index (χ1) is 13.7. The largest absolute Gasteiger partial charge is 0.446 e. The molecule has 0 saturated carbocycles. The molecule has 1 aliphatic rings. The van der Waals surface area contributed by atoms with Crippen molar-refractivity contribution in [3.05, 3.63) is 69.6 Å². The van der Waals surface area contributed by atoms with Gasteiger partial charge in [0.2, 0.25) is 5.56 Å². The quantitative estimate of drug-likeness (QED) is 0.780. The second-order valence-corrected chi connectivity index (χ2v) is 7.99. The van der Waals surface area contributed by atoms with Crippen molar-refractivity contribution in [2.24, 2.45) is 0 Å². The van der Waals surface area contributed by atoms with E-state index in [9.17, 15) is 14.7 Å². The maximum absolute atomic E-state index is 12.4. The molecule has 3 rings (SSSR count). The molecule has 152 valence electrons. The van der Waals surface area contributed by atoms with Crippen LogP contribution in [0.4, 0.5) is 4.79 Å². The number of ether oxygens (including phenoxy) is 1. The van der Waals surface area contributed by atoms with E-state index in [-0.39, 0.29) is 23.8 Å². The third kappa shape index (κ3) is 5.72. The molecule has 1 aromatic heterocycles. The molecule has 0 bridgehead atoms. The first kappa shape index (κ1) is 20.7. The van der Waals surface area contributed by atoms with E-state index in [0.717, 1.165) is 11.1 Å². The van der Waals surface area contributed by atoms with Crippen LogP contribution < -0.4 is 5.56 Å². The second kappa shape index (κ2) is 8.54. The van der Waals surface area contributed by atoms with E-state index in [1.54, 1.807) is 31.0 Å². The lowest BCUT2D eigenvalue weighted by molar-refractivity contribution is -0.0309. The summed E-state index contributed by atoms with van der Waals surface area (Å²) in [5.41, 5.74) is 1.43. The Morgan fingerprint density at radius 2 is 1.90 bits per heavy atom. The summed E-state index contributed by atoms with van der Waals surface area (Å²) in [5.74, 6) is 6.01. The van der Waals surface area contributed by atoms with Crippen molar-refractivity contribution in [2.75, 3.05) is 6.54 Å². The molecule has 2 aromatic rings. The van der Waals surface area contributed by atoms with Crippen LogP contribution in [0.25, 0.3) is 0 Å². The van der Waals surface area contributed by atoms with E-state index in [0.29, 0.717) is 24.9 Å². The van der Waals surface area contributed by atoms with E-state index in [1.165, 1.54) is 6.07 Å². The average molecular weight is 394 g/mol. The van der Waals surface area contributed by atoms with Gasteiger partial charge in [0, 0.05) is 42.8 Å². The van der Waals surface area contributed by atoms with Crippen molar-refractivity contribution in [1.82, 2.24) is 9.88 Å². The van der Waals surface area contributed by atoms with Crippen molar-refractivity contribution in [3.8, 4) is 11.8 Å². The summed E-state index contributed by atoms with van der Waals surface area (Å²) in [6.45, 7) is 5.99. The molecule has 0 radical (unpaired) electrons. The van der Waals surface area contributed by atoms with Crippen LogP contribution in [0.1, 0.15) is 56.3 Å². The van der Waals surface area contributed by atoms with Gasteiger partial charge in [-0.2, -0.15) is 0 Å². The van der Waals surface area contributed by atoms with Gasteiger partial charge in [0.05, 0.1) is 11.6 Å². The third-order valence-electron chi connectivity index (χ3n) is 4.91. The number of rotatable bonds is 4. The minimum atomic E-state index is -0.858. The van der Waals surface area contributed by atoms with E-state index < -0.39 is 5.60 Å². The van der Waals surface area contributed by atoms with E-state index in [1.807, 2.05) is 31.2 Å². The number of aromatic amines is 1. The highest BCUT2D eigenvalue weighted by Crippen LogP contribution is 2.28. The lowest BCUT2D eigenvalue weighted by Crippen LogP contribution is -2.45. The number of hydrogen-bond donors (Lipinski definition) is 2. The van der Waals surface area contributed by atoms with Gasteiger partial charge in [-0.3, -0.25) is 4.79 Å². The van der Waals surface area contributed by atoms with Gasteiger partial charge in [0.25, 0.3) is 0 Å². The first-order valence-electron chi connectivity index (χ1n) is 9.72. The average Bonchev–Trinajstić information content (AvgIpc) is 2.65. The minimum Gasteiger partial charge on any atom is -0.446 e. The van der Waals surface area contributed by atoms with Crippen LogP contribution in [-0.4, -0.2) is 39.3 Å². The molecule has 1 fully saturated rings. The smallest absolute Gasteiger partial charge is 0.410 e. The standard InChI is InChI=1S/C23H26N2O4/c1-16(25-13-11-20(29-22(25)27)15-23(2,3)28)19-8-6-17(7-9-19)4-5-18-10-12-24-21(26)14-18/h6-10,12,14,16,20,28H,11,13,15H2,1-3H3,(H,24,26). The van der Waals surface area contributed by atoms with Crippen molar-refractivity contribution >= 4 is 6.09 Å². The number of cyclic esters (lactones) is 1. The number of nitrogens with zero attached hydrogens (tertiary/aromatic N) is 1.